The van der Waals surface area contributed by atoms with Crippen LogP contribution in [-0.4, -0.2) is 49.7 Å². The molecule has 1 saturated carbocycles. The third kappa shape index (κ3) is 3.61. The van der Waals surface area contributed by atoms with Crippen molar-refractivity contribution < 1.29 is 4.79 Å². The third-order valence-corrected chi connectivity index (χ3v) is 5.84. The number of likely N-dealkylation sites (tertiary alicyclic amines) is 1. The molecule has 8 heteroatoms. The van der Waals surface area contributed by atoms with Crippen molar-refractivity contribution in [2.24, 2.45) is 12.5 Å². The minimum Gasteiger partial charge on any atom is -0.365 e. The van der Waals surface area contributed by atoms with Gasteiger partial charge in [0.2, 0.25) is 11.9 Å². The Balaban J connectivity index is 1.50. The predicted molar refractivity (Wildman–Crippen MR) is 104 cm³/mol. The summed E-state index contributed by atoms with van der Waals surface area (Å²) in [6.07, 6.45) is 10.8. The van der Waals surface area contributed by atoms with Crippen molar-refractivity contribution in [1.82, 2.24) is 24.6 Å². The Hall–Kier alpha value is -2.64. The third-order valence-electron chi connectivity index (χ3n) is 5.84. The molecule has 1 amide bonds. The molecule has 1 unspecified atom stereocenters. The van der Waals surface area contributed by atoms with Gasteiger partial charge in [-0.2, -0.15) is 10.1 Å². The number of carbonyl (C=O) groups is 1. The van der Waals surface area contributed by atoms with Crippen LogP contribution in [0.3, 0.4) is 0 Å². The fourth-order valence-corrected chi connectivity index (χ4v) is 4.46. The van der Waals surface area contributed by atoms with E-state index in [-0.39, 0.29) is 17.4 Å². The Bertz CT molecular complexity index is 812. The lowest BCUT2D eigenvalue weighted by Crippen LogP contribution is -2.37. The largest absolute Gasteiger partial charge is 0.365 e. The van der Waals surface area contributed by atoms with Gasteiger partial charge in [-0.1, -0.05) is 19.8 Å². The maximum Gasteiger partial charge on any atom is 0.229 e. The molecule has 2 N–H and O–H groups in total. The number of amides is 1. The van der Waals surface area contributed by atoms with Gasteiger partial charge in [0.05, 0.1) is 17.9 Å². The Morgan fingerprint density at radius 3 is 2.89 bits per heavy atom. The van der Waals surface area contributed by atoms with Crippen LogP contribution in [0.5, 0.6) is 0 Å². The summed E-state index contributed by atoms with van der Waals surface area (Å²) < 4.78 is 1.73. The van der Waals surface area contributed by atoms with Gasteiger partial charge in [-0.15, -0.1) is 0 Å². The Morgan fingerprint density at radius 2 is 2.19 bits per heavy atom. The Morgan fingerprint density at radius 1 is 1.37 bits per heavy atom. The molecule has 8 nitrogen and oxygen atoms in total. The van der Waals surface area contributed by atoms with Crippen LogP contribution in [0.15, 0.2) is 24.7 Å². The summed E-state index contributed by atoms with van der Waals surface area (Å²) in [5.41, 5.74) is 1.02. The molecule has 0 bridgehead atoms. The molecule has 1 saturated heterocycles. The van der Waals surface area contributed by atoms with E-state index < -0.39 is 0 Å². The van der Waals surface area contributed by atoms with Gasteiger partial charge in [0.15, 0.2) is 0 Å². The predicted octanol–water partition coefficient (Wildman–Crippen LogP) is 2.55. The first kappa shape index (κ1) is 17.8. The van der Waals surface area contributed by atoms with Crippen molar-refractivity contribution in [3.63, 3.8) is 0 Å². The van der Waals surface area contributed by atoms with Crippen molar-refractivity contribution in [2.45, 2.75) is 45.1 Å². The molecule has 4 rings (SSSR count). The average Bonchev–Trinajstić information content (AvgIpc) is 3.38. The Labute approximate surface area is 159 Å². The molecule has 2 aliphatic rings. The van der Waals surface area contributed by atoms with Gasteiger partial charge in [0, 0.05) is 44.4 Å². The zero-order valence-corrected chi connectivity index (χ0v) is 16.0. The van der Waals surface area contributed by atoms with E-state index in [9.17, 15) is 4.79 Å². The molecule has 2 aromatic rings. The number of nitrogens with zero attached hydrogens (tertiary/aromatic N) is 5. The molecule has 1 aliphatic heterocycles. The van der Waals surface area contributed by atoms with E-state index in [0.717, 1.165) is 24.6 Å². The molecule has 27 heavy (non-hydrogen) atoms. The number of nitrogens with one attached hydrogen (secondary N) is 2. The maximum atomic E-state index is 12.3. The van der Waals surface area contributed by atoms with E-state index in [1.165, 1.54) is 25.7 Å². The normalized spacial score (nSPS) is 21.0. The van der Waals surface area contributed by atoms with Crippen LogP contribution in [0.1, 0.15) is 39.0 Å². The lowest BCUT2D eigenvalue weighted by Gasteiger charge is -2.30. The van der Waals surface area contributed by atoms with Gasteiger partial charge in [0.25, 0.3) is 0 Å². The highest BCUT2D eigenvalue weighted by molar-refractivity contribution is 5.76. The lowest BCUT2D eigenvalue weighted by atomic mass is 9.81. The second kappa shape index (κ2) is 7.17. The zero-order chi connectivity index (χ0) is 18.9. The van der Waals surface area contributed by atoms with E-state index in [2.05, 4.69) is 25.7 Å². The molecule has 2 fully saturated rings. The Kier molecular flexibility index (Phi) is 4.72. The minimum atomic E-state index is 0.173. The fourth-order valence-electron chi connectivity index (χ4n) is 4.46. The molecule has 1 spiro atoms. The van der Waals surface area contributed by atoms with Crippen molar-refractivity contribution in [3.05, 3.63) is 24.7 Å². The standard InChI is InChI=1S/C19H27N7O/c1-3-17(27)26-12-15(19(13-26)7-4-5-8-19)23-16-6-9-20-18(24-16)22-14-10-21-25(2)11-14/h6,9-11,15H,3-5,7-8,12-13H2,1-2H3,(H2,20,22,23,24). The van der Waals surface area contributed by atoms with E-state index in [1.54, 1.807) is 17.1 Å². The van der Waals surface area contributed by atoms with E-state index in [0.29, 0.717) is 12.4 Å². The fraction of sp³-hybridized carbons (Fsp3) is 0.579. The lowest BCUT2D eigenvalue weighted by molar-refractivity contribution is -0.130. The number of aromatic nitrogens is 4. The number of rotatable bonds is 5. The summed E-state index contributed by atoms with van der Waals surface area (Å²) in [4.78, 5) is 23.2. The molecule has 3 heterocycles. The van der Waals surface area contributed by atoms with Gasteiger partial charge in [-0.3, -0.25) is 9.48 Å². The number of aryl methyl sites for hydroxylation is 1. The van der Waals surface area contributed by atoms with Gasteiger partial charge in [-0.05, 0) is 18.9 Å². The summed E-state index contributed by atoms with van der Waals surface area (Å²) in [6, 6.07) is 2.12. The first-order valence-corrected chi connectivity index (χ1v) is 9.71. The number of anilines is 3. The quantitative estimate of drug-likeness (QED) is 0.842. The molecule has 0 radical (unpaired) electrons. The van der Waals surface area contributed by atoms with Crippen LogP contribution >= 0.6 is 0 Å². The summed E-state index contributed by atoms with van der Waals surface area (Å²) in [5.74, 6) is 1.57. The monoisotopic (exact) mass is 369 g/mol. The van der Waals surface area contributed by atoms with E-state index >= 15 is 0 Å². The molecular formula is C19H27N7O. The summed E-state index contributed by atoms with van der Waals surface area (Å²) in [7, 11) is 1.87. The number of hydrogen-bond donors (Lipinski definition) is 2. The van der Waals surface area contributed by atoms with Crippen molar-refractivity contribution in [1.29, 1.82) is 0 Å². The van der Waals surface area contributed by atoms with Gasteiger partial charge in [-0.25, -0.2) is 4.98 Å². The highest BCUT2D eigenvalue weighted by Crippen LogP contribution is 2.46. The van der Waals surface area contributed by atoms with E-state index in [4.69, 9.17) is 0 Å². The summed E-state index contributed by atoms with van der Waals surface area (Å²) in [6.45, 7) is 3.55. The second-order valence-corrected chi connectivity index (χ2v) is 7.69. The minimum absolute atomic E-state index is 0.173. The van der Waals surface area contributed by atoms with Crippen molar-refractivity contribution >= 4 is 23.4 Å². The first-order chi connectivity index (χ1) is 13.1. The molecule has 2 aromatic heterocycles. The van der Waals surface area contributed by atoms with E-state index in [1.807, 2.05) is 31.1 Å². The number of carbonyl (C=O) groups excluding carboxylic acids is 1. The van der Waals surface area contributed by atoms with Crippen LogP contribution in [0, 0.1) is 5.41 Å². The zero-order valence-electron chi connectivity index (χ0n) is 16.0. The van der Waals surface area contributed by atoms with Gasteiger partial charge in [0.1, 0.15) is 5.82 Å². The maximum absolute atomic E-state index is 12.3. The van der Waals surface area contributed by atoms with Crippen LogP contribution in [-0.2, 0) is 11.8 Å². The van der Waals surface area contributed by atoms with Crippen LogP contribution in [0.2, 0.25) is 0 Å². The van der Waals surface area contributed by atoms with Gasteiger partial charge < -0.3 is 15.5 Å². The smallest absolute Gasteiger partial charge is 0.229 e. The molecule has 1 aliphatic carbocycles. The van der Waals surface area contributed by atoms with Crippen molar-refractivity contribution in [2.75, 3.05) is 23.7 Å². The van der Waals surface area contributed by atoms with Gasteiger partial charge >= 0.3 is 0 Å². The molecule has 1 atom stereocenters. The van der Waals surface area contributed by atoms with Crippen LogP contribution in [0.4, 0.5) is 17.5 Å². The van der Waals surface area contributed by atoms with Crippen molar-refractivity contribution in [3.8, 4) is 0 Å². The highest BCUT2D eigenvalue weighted by Gasteiger charge is 2.49. The topological polar surface area (TPSA) is 88.0 Å². The number of hydrogen-bond acceptors (Lipinski definition) is 6. The highest BCUT2D eigenvalue weighted by atomic mass is 16.2. The molecule has 144 valence electrons. The first-order valence-electron chi connectivity index (χ1n) is 9.71. The molecule has 0 aromatic carbocycles. The second-order valence-electron chi connectivity index (χ2n) is 7.69. The molecular weight excluding hydrogens is 342 g/mol. The SMILES string of the molecule is CCC(=O)N1CC(Nc2ccnc(Nc3cnn(C)c3)n2)C2(CCCC2)C1. The van der Waals surface area contributed by atoms with Crippen LogP contribution < -0.4 is 10.6 Å². The summed E-state index contributed by atoms with van der Waals surface area (Å²) in [5, 5.41) is 10.9. The summed E-state index contributed by atoms with van der Waals surface area (Å²) >= 11 is 0. The average molecular weight is 369 g/mol. The van der Waals surface area contributed by atoms with Crippen LogP contribution in [0.25, 0.3) is 0 Å².